The second-order valence-corrected chi connectivity index (χ2v) is 4.40. The number of hydrogen-bond donors (Lipinski definition) is 2. The maximum Gasteiger partial charge on any atom is 0.222 e. The quantitative estimate of drug-likeness (QED) is 0.812. The molecule has 1 aliphatic carbocycles. The average molecular weight is 291 g/mol. The van der Waals surface area contributed by atoms with E-state index in [1.807, 2.05) is 0 Å². The van der Waals surface area contributed by atoms with Gasteiger partial charge >= 0.3 is 0 Å². The predicted octanol–water partition coefficient (Wildman–Crippen LogP) is 0.874. The Morgan fingerprint density at radius 1 is 1.54 bits per heavy atom. The standard InChI is InChI=1S/C8H10IN3O/c9-6-2-10-8(11-3-6)12-7-1-5(7)4-13/h2-3,5,7,13H,1,4H2,(H,10,11,12)/t5-,7+/m0/s1. The summed E-state index contributed by atoms with van der Waals surface area (Å²) in [5, 5.41) is 12.0. The second kappa shape index (κ2) is 3.75. The van der Waals surface area contributed by atoms with Crippen molar-refractivity contribution in [2.75, 3.05) is 11.9 Å². The number of halogens is 1. The zero-order chi connectivity index (χ0) is 9.26. The topological polar surface area (TPSA) is 58.0 Å². The smallest absolute Gasteiger partial charge is 0.222 e. The van der Waals surface area contributed by atoms with Gasteiger partial charge in [0.25, 0.3) is 0 Å². The number of aliphatic hydroxyl groups excluding tert-OH is 1. The molecule has 13 heavy (non-hydrogen) atoms. The van der Waals surface area contributed by atoms with Gasteiger partial charge in [-0.05, 0) is 29.0 Å². The van der Waals surface area contributed by atoms with Gasteiger partial charge in [-0.25, -0.2) is 9.97 Å². The van der Waals surface area contributed by atoms with Crippen molar-refractivity contribution in [2.45, 2.75) is 12.5 Å². The molecule has 0 aliphatic heterocycles. The molecule has 5 heteroatoms. The fourth-order valence-corrected chi connectivity index (χ4v) is 1.46. The molecule has 1 aromatic heterocycles. The highest BCUT2D eigenvalue weighted by Crippen LogP contribution is 2.31. The van der Waals surface area contributed by atoms with Crippen LogP contribution in [0.25, 0.3) is 0 Å². The Morgan fingerprint density at radius 3 is 2.77 bits per heavy atom. The zero-order valence-electron chi connectivity index (χ0n) is 6.94. The molecule has 1 aliphatic rings. The number of nitrogens with zero attached hydrogens (tertiary/aromatic N) is 2. The maximum atomic E-state index is 8.82. The molecule has 0 amide bonds. The van der Waals surface area contributed by atoms with E-state index in [9.17, 15) is 0 Å². The van der Waals surface area contributed by atoms with E-state index >= 15 is 0 Å². The first-order valence-corrected chi connectivity index (χ1v) is 5.22. The van der Waals surface area contributed by atoms with Crippen LogP contribution in [-0.4, -0.2) is 27.7 Å². The van der Waals surface area contributed by atoms with E-state index in [0.717, 1.165) is 9.99 Å². The first kappa shape index (κ1) is 9.14. The summed E-state index contributed by atoms with van der Waals surface area (Å²) in [6.07, 6.45) is 4.56. The van der Waals surface area contributed by atoms with E-state index in [4.69, 9.17) is 5.11 Å². The molecule has 2 atom stereocenters. The second-order valence-electron chi connectivity index (χ2n) is 3.15. The Kier molecular flexibility index (Phi) is 2.63. The summed E-state index contributed by atoms with van der Waals surface area (Å²) in [5.74, 6) is 1.05. The summed E-state index contributed by atoms with van der Waals surface area (Å²) in [7, 11) is 0. The van der Waals surface area contributed by atoms with Crippen LogP contribution in [0.2, 0.25) is 0 Å². The summed E-state index contributed by atoms with van der Waals surface area (Å²) in [4.78, 5) is 8.23. The van der Waals surface area contributed by atoms with Crippen molar-refractivity contribution in [3.63, 3.8) is 0 Å². The molecular formula is C8H10IN3O. The molecular weight excluding hydrogens is 281 g/mol. The largest absolute Gasteiger partial charge is 0.396 e. The summed E-state index contributed by atoms with van der Waals surface area (Å²) in [5.41, 5.74) is 0. The molecule has 0 spiro atoms. The minimum absolute atomic E-state index is 0.252. The lowest BCUT2D eigenvalue weighted by molar-refractivity contribution is 0.275. The lowest BCUT2D eigenvalue weighted by Gasteiger charge is -2.01. The first-order valence-electron chi connectivity index (χ1n) is 4.14. The predicted molar refractivity (Wildman–Crippen MR) is 57.4 cm³/mol. The van der Waals surface area contributed by atoms with E-state index < -0.39 is 0 Å². The molecule has 70 valence electrons. The van der Waals surface area contributed by atoms with Crippen molar-refractivity contribution in [1.82, 2.24) is 9.97 Å². The number of anilines is 1. The Hall–Kier alpha value is -0.430. The van der Waals surface area contributed by atoms with Crippen LogP contribution >= 0.6 is 22.6 Å². The van der Waals surface area contributed by atoms with Gasteiger partial charge in [0.2, 0.25) is 5.95 Å². The molecule has 2 rings (SSSR count). The lowest BCUT2D eigenvalue weighted by atomic mass is 10.4. The van der Waals surface area contributed by atoms with Gasteiger partial charge in [0, 0.05) is 34.5 Å². The molecule has 2 N–H and O–H groups in total. The van der Waals surface area contributed by atoms with Crippen LogP contribution in [0.15, 0.2) is 12.4 Å². The van der Waals surface area contributed by atoms with Gasteiger partial charge in [0.1, 0.15) is 0 Å². The van der Waals surface area contributed by atoms with Crippen LogP contribution in [-0.2, 0) is 0 Å². The molecule has 1 fully saturated rings. The molecule has 4 nitrogen and oxygen atoms in total. The van der Waals surface area contributed by atoms with Crippen LogP contribution in [0.3, 0.4) is 0 Å². The molecule has 1 aromatic rings. The zero-order valence-corrected chi connectivity index (χ0v) is 9.10. The fraction of sp³-hybridized carbons (Fsp3) is 0.500. The average Bonchev–Trinajstić information content (AvgIpc) is 2.88. The van der Waals surface area contributed by atoms with Crippen molar-refractivity contribution in [3.8, 4) is 0 Å². The van der Waals surface area contributed by atoms with Crippen LogP contribution in [0.4, 0.5) is 5.95 Å². The third-order valence-electron chi connectivity index (χ3n) is 2.09. The van der Waals surface area contributed by atoms with Gasteiger partial charge in [-0.15, -0.1) is 0 Å². The van der Waals surface area contributed by atoms with E-state index in [1.165, 1.54) is 0 Å². The Balaban J connectivity index is 1.92. The van der Waals surface area contributed by atoms with Gasteiger partial charge in [-0.3, -0.25) is 0 Å². The van der Waals surface area contributed by atoms with Gasteiger partial charge in [-0.1, -0.05) is 0 Å². The van der Waals surface area contributed by atoms with E-state index in [0.29, 0.717) is 17.9 Å². The highest BCUT2D eigenvalue weighted by atomic mass is 127. The number of nitrogens with one attached hydrogen (secondary N) is 1. The normalized spacial score (nSPS) is 25.7. The summed E-state index contributed by atoms with van der Waals surface area (Å²) in [6.45, 7) is 0.252. The number of hydrogen-bond acceptors (Lipinski definition) is 4. The van der Waals surface area contributed by atoms with Crippen molar-refractivity contribution in [2.24, 2.45) is 5.92 Å². The summed E-state index contributed by atoms with van der Waals surface area (Å²) in [6, 6.07) is 0.366. The number of aromatic nitrogens is 2. The Labute approximate surface area is 89.9 Å². The molecule has 0 radical (unpaired) electrons. The highest BCUT2D eigenvalue weighted by molar-refractivity contribution is 14.1. The first-order chi connectivity index (χ1) is 6.29. The summed E-state index contributed by atoms with van der Waals surface area (Å²) < 4.78 is 1.03. The molecule has 0 saturated heterocycles. The van der Waals surface area contributed by atoms with Crippen LogP contribution in [0, 0.1) is 9.49 Å². The van der Waals surface area contributed by atoms with Gasteiger partial charge in [-0.2, -0.15) is 0 Å². The SMILES string of the molecule is OC[C@@H]1C[C@H]1Nc1ncc(I)cn1. The van der Waals surface area contributed by atoms with Gasteiger partial charge in [0.05, 0.1) is 0 Å². The van der Waals surface area contributed by atoms with Crippen LogP contribution in [0.1, 0.15) is 6.42 Å². The van der Waals surface area contributed by atoms with E-state index in [1.54, 1.807) is 12.4 Å². The fourth-order valence-electron chi connectivity index (χ4n) is 1.18. The van der Waals surface area contributed by atoms with Crippen molar-refractivity contribution in [1.29, 1.82) is 0 Å². The Morgan fingerprint density at radius 2 is 2.23 bits per heavy atom. The minimum Gasteiger partial charge on any atom is -0.396 e. The lowest BCUT2D eigenvalue weighted by Crippen LogP contribution is -2.09. The van der Waals surface area contributed by atoms with Crippen LogP contribution in [0.5, 0.6) is 0 Å². The van der Waals surface area contributed by atoms with Crippen molar-refractivity contribution < 1.29 is 5.11 Å². The molecule has 0 aromatic carbocycles. The third kappa shape index (κ3) is 2.28. The Bertz CT molecular complexity index is 290. The van der Waals surface area contributed by atoms with Gasteiger partial charge in [0.15, 0.2) is 0 Å². The molecule has 1 saturated carbocycles. The molecule has 1 heterocycles. The van der Waals surface area contributed by atoms with Crippen LogP contribution < -0.4 is 5.32 Å². The number of rotatable bonds is 3. The highest BCUT2D eigenvalue weighted by Gasteiger charge is 2.36. The molecule has 0 unspecified atom stereocenters. The van der Waals surface area contributed by atoms with Gasteiger partial charge < -0.3 is 10.4 Å². The third-order valence-corrected chi connectivity index (χ3v) is 2.65. The maximum absolute atomic E-state index is 8.82. The minimum atomic E-state index is 0.252. The van der Waals surface area contributed by atoms with Crippen molar-refractivity contribution >= 4 is 28.5 Å². The van der Waals surface area contributed by atoms with E-state index in [-0.39, 0.29) is 6.61 Å². The molecule has 0 bridgehead atoms. The van der Waals surface area contributed by atoms with E-state index in [2.05, 4.69) is 37.9 Å². The monoisotopic (exact) mass is 291 g/mol. The number of aliphatic hydroxyl groups is 1. The van der Waals surface area contributed by atoms with Crippen molar-refractivity contribution in [3.05, 3.63) is 16.0 Å². The summed E-state index contributed by atoms with van der Waals surface area (Å²) >= 11 is 2.16.